The lowest BCUT2D eigenvalue weighted by Gasteiger charge is -2.18. The van der Waals surface area contributed by atoms with Crippen molar-refractivity contribution in [3.8, 4) is 0 Å². The van der Waals surface area contributed by atoms with Gasteiger partial charge in [0.1, 0.15) is 0 Å². The van der Waals surface area contributed by atoms with E-state index in [1.54, 1.807) is 25.3 Å². The third-order valence-electron chi connectivity index (χ3n) is 3.28. The zero-order valence-electron chi connectivity index (χ0n) is 11.4. The smallest absolute Gasteiger partial charge is 0.335 e. The largest absolute Gasteiger partial charge is 0.478 e. The number of nitrogens with zero attached hydrogens (tertiary/aromatic N) is 1. The second-order valence-electron chi connectivity index (χ2n) is 4.66. The van der Waals surface area contributed by atoms with Gasteiger partial charge in [-0.15, -0.1) is 0 Å². The van der Waals surface area contributed by atoms with Crippen LogP contribution in [0.4, 0.5) is 5.69 Å². The molecule has 2 rings (SSSR count). The zero-order valence-corrected chi connectivity index (χ0v) is 11.4. The van der Waals surface area contributed by atoms with Gasteiger partial charge in [-0.2, -0.15) is 0 Å². The van der Waals surface area contributed by atoms with Crippen LogP contribution in [0.2, 0.25) is 0 Å². The quantitative estimate of drug-likeness (QED) is 0.741. The van der Waals surface area contributed by atoms with Crippen LogP contribution in [0.1, 0.15) is 15.9 Å². The molecule has 0 spiro atoms. The normalized spacial score (nSPS) is 13.2. The molecule has 1 aromatic rings. The van der Waals surface area contributed by atoms with Crippen LogP contribution in [-0.4, -0.2) is 50.3 Å². The minimum Gasteiger partial charge on any atom is -0.478 e. The first kappa shape index (κ1) is 14.3. The summed E-state index contributed by atoms with van der Waals surface area (Å²) >= 11 is 0. The molecule has 0 radical (unpaired) electrons. The molecule has 6 nitrogen and oxygen atoms in total. The summed E-state index contributed by atoms with van der Waals surface area (Å²) in [5, 5.41) is 11.7. The van der Waals surface area contributed by atoms with Crippen molar-refractivity contribution in [1.29, 1.82) is 0 Å². The molecule has 20 heavy (non-hydrogen) atoms. The molecule has 0 saturated carbocycles. The van der Waals surface area contributed by atoms with Crippen LogP contribution < -0.4 is 10.2 Å². The van der Waals surface area contributed by atoms with Crippen LogP contribution in [0.15, 0.2) is 18.2 Å². The molecule has 1 aromatic carbocycles. The van der Waals surface area contributed by atoms with Crippen LogP contribution in [-0.2, 0) is 16.0 Å². The van der Waals surface area contributed by atoms with Crippen LogP contribution in [0, 0.1) is 0 Å². The molecule has 6 heteroatoms. The van der Waals surface area contributed by atoms with E-state index in [1.165, 1.54) is 0 Å². The number of aromatic carboxylic acids is 1. The van der Waals surface area contributed by atoms with Gasteiger partial charge in [0.05, 0.1) is 18.7 Å². The number of carbonyl (C=O) groups is 2. The van der Waals surface area contributed by atoms with Crippen molar-refractivity contribution in [2.75, 3.05) is 38.3 Å². The Hall–Kier alpha value is -2.08. The van der Waals surface area contributed by atoms with E-state index in [2.05, 4.69) is 5.32 Å². The minimum atomic E-state index is -0.927. The summed E-state index contributed by atoms with van der Waals surface area (Å²) < 4.78 is 4.87. The number of benzene rings is 1. The average Bonchev–Trinajstić information content (AvgIpc) is 2.81. The fourth-order valence-electron chi connectivity index (χ4n) is 2.29. The number of carboxylic acid groups (broad SMARTS) is 1. The summed E-state index contributed by atoms with van der Waals surface area (Å²) in [6.45, 7) is 2.00. The Morgan fingerprint density at radius 3 is 2.95 bits per heavy atom. The van der Waals surface area contributed by atoms with Gasteiger partial charge >= 0.3 is 5.97 Å². The molecule has 0 aromatic heterocycles. The number of carboxylic acids is 1. The maximum atomic E-state index is 11.8. The molecular formula is C14H18N2O4. The topological polar surface area (TPSA) is 78.9 Å². The number of methoxy groups -OCH3 is 1. The van der Waals surface area contributed by atoms with E-state index < -0.39 is 5.97 Å². The van der Waals surface area contributed by atoms with Gasteiger partial charge in [0, 0.05) is 25.9 Å². The predicted octanol–water partition coefficient (Wildman–Crippen LogP) is 0.510. The van der Waals surface area contributed by atoms with Gasteiger partial charge in [-0.05, 0) is 30.2 Å². The lowest BCUT2D eigenvalue weighted by Crippen LogP contribution is -2.37. The zero-order chi connectivity index (χ0) is 14.5. The first-order valence-electron chi connectivity index (χ1n) is 6.48. The lowest BCUT2D eigenvalue weighted by atomic mass is 10.1. The number of hydrogen-bond acceptors (Lipinski definition) is 4. The highest BCUT2D eigenvalue weighted by molar-refractivity contribution is 5.89. The highest BCUT2D eigenvalue weighted by Crippen LogP contribution is 2.28. The fraction of sp³-hybridized carbons (Fsp3) is 0.429. The second kappa shape index (κ2) is 6.38. The van der Waals surface area contributed by atoms with E-state index in [0.717, 1.165) is 24.2 Å². The molecule has 0 atom stereocenters. The highest BCUT2D eigenvalue weighted by Gasteiger charge is 2.22. The predicted molar refractivity (Wildman–Crippen MR) is 74.2 cm³/mol. The summed E-state index contributed by atoms with van der Waals surface area (Å²) in [7, 11) is 1.59. The van der Waals surface area contributed by atoms with E-state index in [9.17, 15) is 9.59 Å². The van der Waals surface area contributed by atoms with Crippen molar-refractivity contribution < 1.29 is 19.4 Å². The third-order valence-corrected chi connectivity index (χ3v) is 3.28. The molecule has 0 aliphatic carbocycles. The van der Waals surface area contributed by atoms with E-state index >= 15 is 0 Å². The highest BCUT2D eigenvalue weighted by atomic mass is 16.5. The minimum absolute atomic E-state index is 0.0581. The number of anilines is 1. The van der Waals surface area contributed by atoms with Crippen LogP contribution in [0.25, 0.3) is 0 Å². The van der Waals surface area contributed by atoms with Gasteiger partial charge in [-0.3, -0.25) is 4.79 Å². The van der Waals surface area contributed by atoms with Crippen molar-refractivity contribution >= 4 is 17.6 Å². The van der Waals surface area contributed by atoms with Crippen molar-refractivity contribution in [3.05, 3.63) is 29.3 Å². The number of nitrogens with one attached hydrogen (secondary N) is 1. The standard InChI is InChI=1S/C14H18N2O4/c1-20-7-5-15-13(17)9-16-6-4-10-8-11(14(18)19)2-3-12(10)16/h2-3,8H,4-7,9H2,1H3,(H,15,17)(H,18,19). The van der Waals surface area contributed by atoms with E-state index in [1.807, 2.05) is 4.90 Å². The summed E-state index contributed by atoms with van der Waals surface area (Å²) in [5.41, 5.74) is 2.21. The molecule has 1 aliphatic heterocycles. The molecule has 0 bridgehead atoms. The Kier molecular flexibility index (Phi) is 4.57. The molecular weight excluding hydrogens is 260 g/mol. The maximum absolute atomic E-state index is 11.8. The number of carbonyl (C=O) groups excluding carboxylic acids is 1. The van der Waals surface area contributed by atoms with Crippen molar-refractivity contribution in [1.82, 2.24) is 5.32 Å². The van der Waals surface area contributed by atoms with Crippen LogP contribution in [0.3, 0.4) is 0 Å². The van der Waals surface area contributed by atoms with Crippen molar-refractivity contribution in [2.24, 2.45) is 0 Å². The number of fused-ring (bicyclic) bond motifs is 1. The fourth-order valence-corrected chi connectivity index (χ4v) is 2.29. The monoisotopic (exact) mass is 278 g/mol. The van der Waals surface area contributed by atoms with E-state index in [0.29, 0.717) is 13.2 Å². The SMILES string of the molecule is COCCNC(=O)CN1CCc2cc(C(=O)O)ccc21. The molecule has 0 fully saturated rings. The third kappa shape index (κ3) is 3.27. The molecule has 108 valence electrons. The molecule has 1 heterocycles. The number of rotatable bonds is 6. The first-order valence-corrected chi connectivity index (χ1v) is 6.48. The van der Waals surface area contributed by atoms with E-state index in [4.69, 9.17) is 9.84 Å². The lowest BCUT2D eigenvalue weighted by molar-refractivity contribution is -0.119. The van der Waals surface area contributed by atoms with Gasteiger partial charge in [0.25, 0.3) is 0 Å². The number of amides is 1. The van der Waals surface area contributed by atoms with Gasteiger partial charge < -0.3 is 20.1 Å². The summed E-state index contributed by atoms with van der Waals surface area (Å²) in [6.07, 6.45) is 0.766. The van der Waals surface area contributed by atoms with Gasteiger partial charge in [0.15, 0.2) is 0 Å². The molecule has 0 saturated heterocycles. The van der Waals surface area contributed by atoms with Gasteiger partial charge in [0.2, 0.25) is 5.91 Å². The molecule has 1 aliphatic rings. The Labute approximate surface area is 117 Å². The Bertz CT molecular complexity index is 516. The number of ether oxygens (including phenoxy) is 1. The average molecular weight is 278 g/mol. The first-order chi connectivity index (χ1) is 9.61. The maximum Gasteiger partial charge on any atom is 0.335 e. The molecule has 2 N–H and O–H groups in total. The van der Waals surface area contributed by atoms with Crippen LogP contribution in [0.5, 0.6) is 0 Å². The molecule has 0 unspecified atom stereocenters. The Morgan fingerprint density at radius 2 is 2.25 bits per heavy atom. The summed E-state index contributed by atoms with van der Waals surface area (Å²) in [5.74, 6) is -0.985. The van der Waals surface area contributed by atoms with Crippen molar-refractivity contribution in [3.63, 3.8) is 0 Å². The summed E-state index contributed by atoms with van der Waals surface area (Å²) in [4.78, 5) is 24.6. The Balaban J connectivity index is 1.98. The van der Waals surface area contributed by atoms with Crippen molar-refractivity contribution in [2.45, 2.75) is 6.42 Å². The summed E-state index contributed by atoms with van der Waals surface area (Å²) in [6, 6.07) is 5.02. The van der Waals surface area contributed by atoms with Gasteiger partial charge in [-0.25, -0.2) is 4.79 Å². The molecule has 1 amide bonds. The Morgan fingerprint density at radius 1 is 1.45 bits per heavy atom. The van der Waals surface area contributed by atoms with Gasteiger partial charge in [-0.1, -0.05) is 0 Å². The second-order valence-corrected chi connectivity index (χ2v) is 4.66. The van der Waals surface area contributed by atoms with E-state index in [-0.39, 0.29) is 18.0 Å². The number of hydrogen-bond donors (Lipinski definition) is 2. The van der Waals surface area contributed by atoms with Crippen LogP contribution >= 0.6 is 0 Å².